The zero-order valence-corrected chi connectivity index (χ0v) is 25.0. The second-order valence-corrected chi connectivity index (χ2v) is 17.1. The molecule has 0 nitrogen and oxygen atoms in total. The first-order valence-corrected chi connectivity index (χ1v) is 16.9. The molecule has 0 spiro atoms. The highest BCUT2D eigenvalue weighted by Gasteiger charge is 2.21. The number of hydrogen-bond donors (Lipinski definition) is 0. The molecule has 0 aliphatic heterocycles. The largest absolute Gasteiger partial charge is 0.0630 e. The lowest BCUT2D eigenvalue weighted by molar-refractivity contribution is 0.507. The molecule has 0 heterocycles. The van der Waals surface area contributed by atoms with Gasteiger partial charge < -0.3 is 0 Å². The fourth-order valence-electron chi connectivity index (χ4n) is 4.80. The second kappa shape index (κ2) is 13.3. The monoisotopic (exact) mass is 512 g/mol. The first-order chi connectivity index (χ1) is 17.1. The third kappa shape index (κ3) is 7.98. The van der Waals surface area contributed by atoms with E-state index in [1.165, 1.54) is 69.5 Å². The van der Waals surface area contributed by atoms with Crippen LogP contribution < -0.4 is 21.2 Å². The molecule has 0 N–H and O–H groups in total. The molecule has 0 aliphatic carbocycles. The maximum atomic E-state index is 2.54. The number of hydrogen-bond acceptors (Lipinski definition) is 0. The van der Waals surface area contributed by atoms with E-state index >= 15 is 0 Å². The van der Waals surface area contributed by atoms with Crippen molar-refractivity contribution in [2.75, 3.05) is 12.3 Å². The van der Waals surface area contributed by atoms with Crippen molar-refractivity contribution < 1.29 is 0 Å². The zero-order chi connectivity index (χ0) is 24.3. The average molecular weight is 513 g/mol. The van der Waals surface area contributed by atoms with Crippen molar-refractivity contribution in [1.82, 2.24) is 0 Å². The van der Waals surface area contributed by atoms with Crippen LogP contribution >= 0.6 is 15.8 Å². The predicted octanol–water partition coefficient (Wildman–Crippen LogP) is 6.36. The van der Waals surface area contributed by atoms with Crippen molar-refractivity contribution in [1.29, 1.82) is 0 Å². The van der Waals surface area contributed by atoms with Gasteiger partial charge in [0.1, 0.15) is 0 Å². The molecular weight excluding hydrogens is 474 g/mol. The molecule has 4 aromatic carbocycles. The highest BCUT2D eigenvalue weighted by Crippen LogP contribution is 2.41. The van der Waals surface area contributed by atoms with Crippen LogP contribution in [0.1, 0.15) is 32.6 Å². The molecule has 0 saturated carbocycles. The van der Waals surface area contributed by atoms with E-state index in [4.69, 9.17) is 0 Å². The van der Waals surface area contributed by atoms with Crippen LogP contribution in [0.5, 0.6) is 0 Å². The van der Waals surface area contributed by atoms with Gasteiger partial charge in [0.2, 0.25) is 0 Å². The van der Waals surface area contributed by atoms with Crippen LogP contribution in [0.4, 0.5) is 0 Å². The van der Waals surface area contributed by atoms with Crippen molar-refractivity contribution in [2.24, 2.45) is 0 Å². The summed E-state index contributed by atoms with van der Waals surface area (Å²) in [6.07, 6.45) is 7.94. The van der Waals surface area contributed by atoms with Gasteiger partial charge in [-0.2, -0.15) is 0 Å². The van der Waals surface area contributed by atoms with Crippen molar-refractivity contribution in [2.45, 2.75) is 37.6 Å². The van der Waals surface area contributed by atoms with E-state index in [-0.39, 0.29) is 15.8 Å². The minimum atomic E-state index is -0.269. The molecule has 0 unspecified atom stereocenters. The van der Waals surface area contributed by atoms with E-state index in [0.29, 0.717) is 5.04 Å². The van der Waals surface area contributed by atoms with Crippen LogP contribution in [-0.2, 0) is 0 Å². The quantitative estimate of drug-likeness (QED) is 0.153. The Balaban J connectivity index is 1.34. The molecule has 0 fully saturated rings. The Hall–Kier alpha value is -2.04. The Morgan fingerprint density at radius 1 is 0.486 bits per heavy atom. The van der Waals surface area contributed by atoms with E-state index in [1.54, 1.807) is 0 Å². The fourth-order valence-corrected chi connectivity index (χ4v) is 10.2. The summed E-state index contributed by atoms with van der Waals surface area (Å²) in [5.41, 5.74) is 0. The van der Waals surface area contributed by atoms with Gasteiger partial charge in [0.05, 0.1) is 0 Å². The van der Waals surface area contributed by atoms with Gasteiger partial charge in [-0.05, 0) is 67.3 Å². The van der Waals surface area contributed by atoms with Crippen molar-refractivity contribution >= 4 is 47.3 Å². The van der Waals surface area contributed by atoms with Crippen molar-refractivity contribution in [3.05, 3.63) is 121 Å². The summed E-state index contributed by atoms with van der Waals surface area (Å²) in [6, 6.07) is 44.7. The first-order valence-electron chi connectivity index (χ1n) is 12.9. The van der Waals surface area contributed by atoms with E-state index in [2.05, 4.69) is 128 Å². The smallest absolute Gasteiger partial charge is 0.0103 e. The maximum absolute atomic E-state index is 2.54. The van der Waals surface area contributed by atoms with E-state index < -0.39 is 0 Å². The summed E-state index contributed by atoms with van der Waals surface area (Å²) in [4.78, 5) is 0. The second-order valence-electron chi connectivity index (χ2n) is 10.0. The van der Waals surface area contributed by atoms with E-state index in [0.717, 1.165) is 0 Å². The summed E-state index contributed by atoms with van der Waals surface area (Å²) >= 11 is 0. The summed E-state index contributed by atoms with van der Waals surface area (Å²) in [5.74, 6) is 0. The molecule has 4 rings (SSSR count). The molecule has 0 aliphatic rings. The Kier molecular flexibility index (Phi) is 9.90. The topological polar surface area (TPSA) is 0 Å². The Morgan fingerprint density at radius 3 is 1.00 bits per heavy atom. The van der Waals surface area contributed by atoms with Crippen LogP contribution in [0.2, 0.25) is 5.04 Å². The summed E-state index contributed by atoms with van der Waals surface area (Å²) < 4.78 is 0. The zero-order valence-electron chi connectivity index (χ0n) is 21.2. The van der Waals surface area contributed by atoms with Crippen LogP contribution in [0.25, 0.3) is 0 Å². The van der Waals surface area contributed by atoms with Crippen molar-refractivity contribution in [3.63, 3.8) is 0 Å². The van der Waals surface area contributed by atoms with Gasteiger partial charge in [0.15, 0.2) is 0 Å². The van der Waals surface area contributed by atoms with Crippen LogP contribution in [-0.4, -0.2) is 22.6 Å². The SMILES string of the molecule is CC([SiH3])(CCCP(c1ccccc1)c1ccccc1)CCCP(c1ccccc1)c1ccccc1. The summed E-state index contributed by atoms with van der Waals surface area (Å²) in [6.45, 7) is 2.54. The molecule has 4 aromatic rings. The molecule has 0 bridgehead atoms. The third-order valence-electron chi connectivity index (χ3n) is 6.74. The van der Waals surface area contributed by atoms with Crippen LogP contribution in [0, 0.1) is 0 Å². The average Bonchev–Trinajstić information content (AvgIpc) is 2.91. The molecule has 3 heteroatoms. The van der Waals surface area contributed by atoms with E-state index in [1.807, 2.05) is 0 Å². The highest BCUT2D eigenvalue weighted by molar-refractivity contribution is 7.73. The van der Waals surface area contributed by atoms with Gasteiger partial charge in [-0.15, -0.1) is 0 Å². The Labute approximate surface area is 218 Å². The van der Waals surface area contributed by atoms with E-state index in [9.17, 15) is 0 Å². The minimum Gasteiger partial charge on any atom is -0.0630 e. The summed E-state index contributed by atoms with van der Waals surface area (Å²) in [7, 11) is 0.725. The molecule has 0 saturated heterocycles. The van der Waals surface area contributed by atoms with Crippen LogP contribution in [0.15, 0.2) is 121 Å². The normalized spacial score (nSPS) is 11.9. The van der Waals surface area contributed by atoms with Gasteiger partial charge >= 0.3 is 0 Å². The molecule has 0 radical (unpaired) electrons. The van der Waals surface area contributed by atoms with Crippen LogP contribution in [0.3, 0.4) is 0 Å². The number of rotatable bonds is 12. The van der Waals surface area contributed by atoms with Gasteiger partial charge in [-0.1, -0.05) is 141 Å². The Bertz CT molecular complexity index is 945. The molecule has 180 valence electrons. The predicted molar refractivity (Wildman–Crippen MR) is 165 cm³/mol. The standard InChI is InChI=1S/C32H38P2Si/c1-32(35,24-14-26-33(28-16-6-2-7-17-28)29-18-8-3-9-19-29)25-15-27-34(30-20-10-4-11-21-30)31-22-12-5-13-23-31/h2-13,16-23H,14-15,24-27H2,1,35H3. The van der Waals surface area contributed by atoms with Gasteiger partial charge in [0, 0.05) is 10.2 Å². The van der Waals surface area contributed by atoms with Gasteiger partial charge in [0.25, 0.3) is 0 Å². The molecular formula is C32H38P2Si. The minimum absolute atomic E-state index is 0.269. The molecule has 0 amide bonds. The highest BCUT2D eigenvalue weighted by atomic mass is 31.1. The lowest BCUT2D eigenvalue weighted by Crippen LogP contribution is -2.17. The lowest BCUT2D eigenvalue weighted by atomic mass is 9.99. The Morgan fingerprint density at radius 2 is 0.743 bits per heavy atom. The van der Waals surface area contributed by atoms with Gasteiger partial charge in [-0.3, -0.25) is 0 Å². The molecule has 0 aromatic heterocycles. The lowest BCUT2D eigenvalue weighted by Gasteiger charge is -2.27. The third-order valence-corrected chi connectivity index (χ3v) is 13.0. The molecule has 35 heavy (non-hydrogen) atoms. The van der Waals surface area contributed by atoms with Crippen molar-refractivity contribution in [3.8, 4) is 0 Å². The summed E-state index contributed by atoms with van der Waals surface area (Å²) in [5, 5.41) is 6.57. The van der Waals surface area contributed by atoms with Gasteiger partial charge in [-0.25, -0.2) is 0 Å². The molecule has 0 atom stereocenters. The first kappa shape index (κ1) is 26.0. The fraction of sp³-hybridized carbons (Fsp3) is 0.250. The maximum Gasteiger partial charge on any atom is 0.0103 e. The number of benzene rings is 4.